The minimum atomic E-state index is -4.72. The molecular weight excluding hydrogens is 393 g/mol. The molecule has 138 valence electrons. The summed E-state index contributed by atoms with van der Waals surface area (Å²) in [6, 6.07) is 6.40. The molecule has 27 heavy (non-hydrogen) atoms. The summed E-state index contributed by atoms with van der Waals surface area (Å²) in [4.78, 5) is 21.9. The number of furan rings is 1. The van der Waals surface area contributed by atoms with Gasteiger partial charge in [0.05, 0.1) is 11.1 Å². The van der Waals surface area contributed by atoms with E-state index in [1.54, 1.807) is 13.0 Å². The van der Waals surface area contributed by atoms with Gasteiger partial charge in [0.2, 0.25) is 5.09 Å². The molecule has 2 rings (SSSR count). The van der Waals surface area contributed by atoms with Gasteiger partial charge in [0, 0.05) is 6.07 Å². The molecule has 0 saturated carbocycles. The number of nitrogens with zero attached hydrogens (tertiary/aromatic N) is 2. The van der Waals surface area contributed by atoms with E-state index in [0.717, 1.165) is 12.3 Å². The molecule has 0 aliphatic heterocycles. The van der Waals surface area contributed by atoms with E-state index in [0.29, 0.717) is 5.56 Å². The molecule has 0 radical (unpaired) electrons. The Morgan fingerprint density at radius 1 is 1.37 bits per heavy atom. The molecule has 0 spiro atoms. The smallest absolute Gasteiger partial charge is 0.742 e. The van der Waals surface area contributed by atoms with Crippen molar-refractivity contribution in [1.82, 2.24) is 5.43 Å². The summed E-state index contributed by atoms with van der Waals surface area (Å²) >= 11 is 0. The topological polar surface area (TPSA) is 164 Å². The van der Waals surface area contributed by atoms with Crippen LogP contribution in [0.4, 0.5) is 5.69 Å². The molecule has 2 aromatic rings. The minimum Gasteiger partial charge on any atom is -0.742 e. The van der Waals surface area contributed by atoms with E-state index in [4.69, 9.17) is 9.15 Å². The number of rotatable bonds is 7. The Labute approximate surface area is 175 Å². The van der Waals surface area contributed by atoms with Crippen molar-refractivity contribution < 1.29 is 61.4 Å². The zero-order chi connectivity index (χ0) is 19.3. The van der Waals surface area contributed by atoms with E-state index in [2.05, 4.69) is 10.5 Å². The first kappa shape index (κ1) is 22.8. The summed E-state index contributed by atoms with van der Waals surface area (Å²) in [6.45, 7) is 1.13. The third kappa shape index (κ3) is 6.77. The number of nitro benzene ring substituents is 1. The SMILES string of the molecule is Cc1ccc(OCC(=O)N/N=C/c2ccc(S(=O)(=O)[O-])o2)c([N+](=O)[O-])c1.[Na+]. The number of hydrogen-bond donors (Lipinski definition) is 1. The maximum absolute atomic E-state index is 11.6. The second-order valence-corrected chi connectivity index (χ2v) is 6.23. The van der Waals surface area contributed by atoms with Gasteiger partial charge in [0.25, 0.3) is 5.91 Å². The molecule has 1 N–H and O–H groups in total. The van der Waals surface area contributed by atoms with Crippen LogP contribution >= 0.6 is 0 Å². The molecular formula is C14H12N3NaO8S. The van der Waals surface area contributed by atoms with Crippen LogP contribution in [0.5, 0.6) is 5.75 Å². The number of aryl methyl sites for hydroxylation is 1. The quantitative estimate of drug-likeness (QED) is 0.180. The Bertz CT molecular complexity index is 970. The van der Waals surface area contributed by atoms with Crippen molar-refractivity contribution in [2.24, 2.45) is 5.10 Å². The predicted molar refractivity (Wildman–Crippen MR) is 85.7 cm³/mol. The van der Waals surface area contributed by atoms with Gasteiger partial charge >= 0.3 is 35.2 Å². The minimum absolute atomic E-state index is 0. The second-order valence-electron chi connectivity index (χ2n) is 4.92. The molecule has 13 heteroatoms. The van der Waals surface area contributed by atoms with E-state index < -0.39 is 32.6 Å². The fourth-order valence-corrected chi connectivity index (χ4v) is 2.21. The van der Waals surface area contributed by atoms with Crippen LogP contribution in [0.2, 0.25) is 0 Å². The molecule has 0 aliphatic carbocycles. The number of amides is 1. The Balaban J connectivity index is 0.00000364. The van der Waals surface area contributed by atoms with Crippen LogP contribution < -0.4 is 39.7 Å². The van der Waals surface area contributed by atoms with Gasteiger partial charge in [-0.15, -0.1) is 0 Å². The van der Waals surface area contributed by atoms with Crippen LogP contribution in [0.1, 0.15) is 11.3 Å². The summed E-state index contributed by atoms with van der Waals surface area (Å²) in [6.07, 6.45) is 0.973. The molecule has 0 fully saturated rings. The van der Waals surface area contributed by atoms with Crippen molar-refractivity contribution in [2.45, 2.75) is 12.0 Å². The fourth-order valence-electron chi connectivity index (χ4n) is 1.77. The predicted octanol–water partition coefficient (Wildman–Crippen LogP) is -2.07. The maximum atomic E-state index is 11.6. The van der Waals surface area contributed by atoms with Crippen molar-refractivity contribution in [1.29, 1.82) is 0 Å². The summed E-state index contributed by atoms with van der Waals surface area (Å²) in [7, 11) is -4.72. The number of nitro groups is 1. The van der Waals surface area contributed by atoms with Crippen molar-refractivity contribution in [3.8, 4) is 5.75 Å². The van der Waals surface area contributed by atoms with Gasteiger partial charge in [-0.05, 0) is 30.7 Å². The number of nitrogens with one attached hydrogen (secondary N) is 1. The van der Waals surface area contributed by atoms with E-state index in [-0.39, 0.29) is 46.8 Å². The molecule has 1 amide bonds. The first-order chi connectivity index (χ1) is 12.2. The van der Waals surface area contributed by atoms with E-state index in [1.165, 1.54) is 18.2 Å². The zero-order valence-electron chi connectivity index (χ0n) is 14.2. The van der Waals surface area contributed by atoms with Crippen LogP contribution in [0.15, 0.2) is 44.9 Å². The van der Waals surface area contributed by atoms with Gasteiger partial charge in [0.15, 0.2) is 22.5 Å². The first-order valence-corrected chi connectivity index (χ1v) is 8.33. The third-order valence-corrected chi connectivity index (χ3v) is 3.61. The number of carbonyl (C=O) groups is 1. The second kappa shape index (κ2) is 9.62. The van der Waals surface area contributed by atoms with Crippen LogP contribution in [0.3, 0.4) is 0 Å². The third-order valence-electron chi connectivity index (χ3n) is 2.90. The molecule has 0 saturated heterocycles. The summed E-state index contributed by atoms with van der Waals surface area (Å²) in [5, 5.41) is 13.7. The van der Waals surface area contributed by atoms with Crippen molar-refractivity contribution >= 4 is 27.9 Å². The number of carbonyl (C=O) groups excluding carboxylic acids is 1. The molecule has 0 aliphatic rings. The monoisotopic (exact) mass is 405 g/mol. The standard InChI is InChI=1S/C14H13N3O8S.Na/c1-9-2-4-12(11(6-9)17(19)20)24-8-13(18)16-15-7-10-3-5-14(25-10)26(21,22)23;/h2-7H,8H2,1H3,(H,16,18)(H,21,22,23);/q;+1/p-1/b15-7+;. The summed E-state index contributed by atoms with van der Waals surface area (Å²) in [5.74, 6) is -0.870. The molecule has 0 unspecified atom stereocenters. The molecule has 11 nitrogen and oxygen atoms in total. The van der Waals surface area contributed by atoms with Gasteiger partial charge in [-0.3, -0.25) is 14.9 Å². The normalized spacial score (nSPS) is 11.0. The van der Waals surface area contributed by atoms with Crippen LogP contribution in [0, 0.1) is 17.0 Å². The Kier molecular flexibility index (Phi) is 8.12. The number of ether oxygens (including phenoxy) is 1. The average Bonchev–Trinajstić information content (AvgIpc) is 3.02. The van der Waals surface area contributed by atoms with Crippen LogP contribution in [-0.4, -0.2) is 36.6 Å². The average molecular weight is 405 g/mol. The maximum Gasteiger partial charge on any atom is 1.00 e. The fraction of sp³-hybridized carbons (Fsp3) is 0.143. The Morgan fingerprint density at radius 2 is 2.07 bits per heavy atom. The molecule has 0 atom stereocenters. The summed E-state index contributed by atoms with van der Waals surface area (Å²) < 4.78 is 41.9. The molecule has 1 aromatic heterocycles. The van der Waals surface area contributed by atoms with Crippen LogP contribution in [0.25, 0.3) is 0 Å². The van der Waals surface area contributed by atoms with Crippen molar-refractivity contribution in [3.05, 3.63) is 51.8 Å². The van der Waals surface area contributed by atoms with Crippen LogP contribution in [-0.2, 0) is 14.9 Å². The van der Waals surface area contributed by atoms with E-state index in [9.17, 15) is 27.9 Å². The van der Waals surface area contributed by atoms with E-state index in [1.807, 2.05) is 0 Å². The van der Waals surface area contributed by atoms with E-state index >= 15 is 0 Å². The number of hydrogen-bond acceptors (Lipinski definition) is 9. The van der Waals surface area contributed by atoms with Gasteiger partial charge in [-0.1, -0.05) is 6.07 Å². The molecule has 0 bridgehead atoms. The molecule has 1 heterocycles. The largest absolute Gasteiger partial charge is 1.00 e. The number of benzene rings is 1. The number of hydrazone groups is 1. The summed E-state index contributed by atoms with van der Waals surface area (Å²) in [5.41, 5.74) is 2.45. The van der Waals surface area contributed by atoms with Gasteiger partial charge in [-0.25, -0.2) is 13.8 Å². The van der Waals surface area contributed by atoms with Crippen molar-refractivity contribution in [3.63, 3.8) is 0 Å². The Morgan fingerprint density at radius 3 is 2.67 bits per heavy atom. The van der Waals surface area contributed by atoms with Gasteiger partial charge < -0.3 is 13.7 Å². The zero-order valence-corrected chi connectivity index (χ0v) is 17.1. The van der Waals surface area contributed by atoms with Gasteiger partial charge in [0.1, 0.15) is 5.76 Å². The van der Waals surface area contributed by atoms with Crippen molar-refractivity contribution in [2.75, 3.05) is 6.61 Å². The molecule has 1 aromatic carbocycles. The first-order valence-electron chi connectivity index (χ1n) is 6.92. The van der Waals surface area contributed by atoms with Gasteiger partial charge in [-0.2, -0.15) is 5.10 Å². The Hall–Kier alpha value is -2.25.